The summed E-state index contributed by atoms with van der Waals surface area (Å²) in [5.74, 6) is 0.201. The summed E-state index contributed by atoms with van der Waals surface area (Å²) in [6, 6.07) is 8.09. The number of nitrogens with zero attached hydrogens (tertiary/aromatic N) is 2. The number of carbonyl (C=O) groups is 1. The van der Waals surface area contributed by atoms with Crippen LogP contribution in [-0.4, -0.2) is 15.6 Å². The van der Waals surface area contributed by atoms with Gasteiger partial charge in [0.1, 0.15) is 5.78 Å². The Labute approximate surface area is 88.7 Å². The highest BCUT2D eigenvalue weighted by Crippen LogP contribution is 2.17. The molecule has 3 nitrogen and oxygen atoms in total. The van der Waals surface area contributed by atoms with Crippen LogP contribution in [0.3, 0.4) is 0 Å². The molecule has 15 heavy (non-hydrogen) atoms. The maximum absolute atomic E-state index is 10.9. The topological polar surface area (TPSA) is 34.9 Å². The Morgan fingerprint density at radius 3 is 2.87 bits per heavy atom. The zero-order chi connectivity index (χ0) is 10.8. The van der Waals surface area contributed by atoms with Crippen molar-refractivity contribution in [2.24, 2.45) is 0 Å². The Hall–Kier alpha value is -1.64. The van der Waals surface area contributed by atoms with E-state index in [0.717, 1.165) is 11.2 Å². The zero-order valence-corrected chi connectivity index (χ0v) is 9.03. The van der Waals surface area contributed by atoms with Gasteiger partial charge < -0.3 is 0 Å². The summed E-state index contributed by atoms with van der Waals surface area (Å²) in [6.45, 7) is 4.27. The van der Waals surface area contributed by atoms with Crippen LogP contribution < -0.4 is 0 Å². The Bertz CT molecular complexity index is 499. The Kier molecular flexibility index (Phi) is 2.54. The minimum absolute atomic E-state index is 0.201. The maximum Gasteiger partial charge on any atom is 0.131 e. The van der Waals surface area contributed by atoms with Crippen molar-refractivity contribution in [1.29, 1.82) is 0 Å². The van der Waals surface area contributed by atoms with Gasteiger partial charge in [0.15, 0.2) is 0 Å². The summed E-state index contributed by atoms with van der Waals surface area (Å²) in [6.07, 6.45) is 0.547. The van der Waals surface area contributed by atoms with Gasteiger partial charge in [-0.05, 0) is 19.9 Å². The van der Waals surface area contributed by atoms with Crippen LogP contribution in [0.2, 0.25) is 0 Å². The number of aryl methyl sites for hydroxylation is 2. The van der Waals surface area contributed by atoms with Crippen molar-refractivity contribution in [3.8, 4) is 0 Å². The quantitative estimate of drug-likeness (QED) is 0.765. The van der Waals surface area contributed by atoms with Gasteiger partial charge in [0.2, 0.25) is 0 Å². The van der Waals surface area contributed by atoms with Gasteiger partial charge in [-0.3, -0.25) is 9.48 Å². The fourth-order valence-electron chi connectivity index (χ4n) is 1.73. The number of para-hydroxylation sites is 1. The Morgan fingerprint density at radius 1 is 1.40 bits per heavy atom. The predicted octanol–water partition coefficient (Wildman–Crippen LogP) is 2.32. The molecule has 3 heteroatoms. The van der Waals surface area contributed by atoms with Crippen LogP contribution in [0.15, 0.2) is 24.3 Å². The molecule has 2 aromatic rings. The molecule has 0 atom stereocenters. The molecule has 1 aromatic heterocycles. The van der Waals surface area contributed by atoms with Crippen molar-refractivity contribution >= 4 is 16.7 Å². The molecule has 0 spiro atoms. The van der Waals surface area contributed by atoms with Crippen molar-refractivity contribution < 1.29 is 4.79 Å². The zero-order valence-electron chi connectivity index (χ0n) is 9.03. The first-order valence-electron chi connectivity index (χ1n) is 5.10. The summed E-state index contributed by atoms with van der Waals surface area (Å²) in [5.41, 5.74) is 2.13. The van der Waals surface area contributed by atoms with Crippen molar-refractivity contribution in [2.75, 3.05) is 0 Å². The standard InChI is InChI=1S/C12H14N2O/c1-9(15)7-8-14-12-6-4-3-5-11(12)10(2)13-14/h3-6H,7-8H2,1-2H3. The molecule has 78 valence electrons. The molecule has 2 rings (SSSR count). The molecule has 0 radical (unpaired) electrons. The molecule has 0 N–H and O–H groups in total. The van der Waals surface area contributed by atoms with E-state index in [0.29, 0.717) is 13.0 Å². The first kappa shape index (κ1) is 9.90. The van der Waals surface area contributed by atoms with Crippen LogP contribution in [0.25, 0.3) is 10.9 Å². The molecule has 0 aliphatic heterocycles. The molecule has 0 saturated heterocycles. The van der Waals surface area contributed by atoms with Crippen LogP contribution in [0.4, 0.5) is 0 Å². The molecule has 0 fully saturated rings. The van der Waals surface area contributed by atoms with Crippen LogP contribution in [0.1, 0.15) is 19.0 Å². The minimum Gasteiger partial charge on any atom is -0.300 e. The molecule has 1 aromatic carbocycles. The molecule has 0 aliphatic carbocycles. The summed E-state index contributed by atoms with van der Waals surface area (Å²) >= 11 is 0. The largest absolute Gasteiger partial charge is 0.300 e. The smallest absolute Gasteiger partial charge is 0.131 e. The number of Topliss-reactive ketones (excluding diaryl/α,β-unsaturated/α-hetero) is 1. The molecule has 0 aliphatic rings. The molecular formula is C12H14N2O. The average molecular weight is 202 g/mol. The number of rotatable bonds is 3. The lowest BCUT2D eigenvalue weighted by Gasteiger charge is -2.00. The van der Waals surface area contributed by atoms with Gasteiger partial charge in [-0.25, -0.2) is 0 Å². The Balaban J connectivity index is 2.39. The molecule has 0 bridgehead atoms. The number of fused-ring (bicyclic) bond motifs is 1. The van der Waals surface area contributed by atoms with E-state index >= 15 is 0 Å². The van der Waals surface area contributed by atoms with Crippen LogP contribution >= 0.6 is 0 Å². The third-order valence-electron chi connectivity index (χ3n) is 2.52. The molecule has 0 amide bonds. The van der Waals surface area contributed by atoms with Gasteiger partial charge in [-0.15, -0.1) is 0 Å². The highest BCUT2D eigenvalue weighted by atomic mass is 16.1. The Morgan fingerprint density at radius 2 is 2.13 bits per heavy atom. The third kappa shape index (κ3) is 1.91. The fraction of sp³-hybridized carbons (Fsp3) is 0.333. The maximum atomic E-state index is 10.9. The fourth-order valence-corrected chi connectivity index (χ4v) is 1.73. The number of hydrogen-bond acceptors (Lipinski definition) is 2. The molecule has 1 heterocycles. The first-order valence-corrected chi connectivity index (χ1v) is 5.10. The van der Waals surface area contributed by atoms with Gasteiger partial charge in [-0.1, -0.05) is 18.2 Å². The lowest BCUT2D eigenvalue weighted by atomic mass is 10.2. The average Bonchev–Trinajstić information content (AvgIpc) is 2.54. The highest BCUT2D eigenvalue weighted by molar-refractivity contribution is 5.82. The van der Waals surface area contributed by atoms with Crippen LogP contribution in [0, 0.1) is 6.92 Å². The summed E-state index contributed by atoms with van der Waals surface area (Å²) < 4.78 is 1.91. The van der Waals surface area contributed by atoms with E-state index in [1.165, 1.54) is 5.39 Å². The van der Waals surface area contributed by atoms with Gasteiger partial charge in [0.25, 0.3) is 0 Å². The van der Waals surface area contributed by atoms with Crippen molar-refractivity contribution in [1.82, 2.24) is 9.78 Å². The second-order valence-corrected chi connectivity index (χ2v) is 3.78. The van der Waals surface area contributed by atoms with E-state index < -0.39 is 0 Å². The van der Waals surface area contributed by atoms with Gasteiger partial charge in [-0.2, -0.15) is 5.10 Å². The van der Waals surface area contributed by atoms with Gasteiger partial charge in [0, 0.05) is 18.4 Å². The second-order valence-electron chi connectivity index (χ2n) is 3.78. The molecular weight excluding hydrogens is 188 g/mol. The number of benzene rings is 1. The van der Waals surface area contributed by atoms with Crippen LogP contribution in [0.5, 0.6) is 0 Å². The lowest BCUT2D eigenvalue weighted by molar-refractivity contribution is -0.117. The predicted molar refractivity (Wildman–Crippen MR) is 59.8 cm³/mol. The van der Waals surface area contributed by atoms with E-state index in [1.54, 1.807) is 6.92 Å². The third-order valence-corrected chi connectivity index (χ3v) is 2.52. The minimum atomic E-state index is 0.201. The van der Waals surface area contributed by atoms with Crippen molar-refractivity contribution in [3.05, 3.63) is 30.0 Å². The van der Waals surface area contributed by atoms with Gasteiger partial charge >= 0.3 is 0 Å². The van der Waals surface area contributed by atoms with E-state index in [2.05, 4.69) is 11.2 Å². The van der Waals surface area contributed by atoms with Crippen molar-refractivity contribution in [3.63, 3.8) is 0 Å². The summed E-state index contributed by atoms with van der Waals surface area (Å²) in [7, 11) is 0. The van der Waals surface area contributed by atoms with Gasteiger partial charge in [0.05, 0.1) is 11.2 Å². The van der Waals surface area contributed by atoms with Crippen LogP contribution in [-0.2, 0) is 11.3 Å². The second kappa shape index (κ2) is 3.85. The molecule has 0 saturated carbocycles. The van der Waals surface area contributed by atoms with E-state index in [9.17, 15) is 4.79 Å². The van der Waals surface area contributed by atoms with E-state index in [-0.39, 0.29) is 5.78 Å². The SMILES string of the molecule is CC(=O)CCn1nc(C)c2ccccc21. The highest BCUT2D eigenvalue weighted by Gasteiger charge is 2.06. The molecule has 0 unspecified atom stereocenters. The van der Waals surface area contributed by atoms with Crippen molar-refractivity contribution in [2.45, 2.75) is 26.8 Å². The number of ketones is 1. The number of hydrogen-bond donors (Lipinski definition) is 0. The number of aromatic nitrogens is 2. The number of carbonyl (C=O) groups excluding carboxylic acids is 1. The lowest BCUT2D eigenvalue weighted by Crippen LogP contribution is -2.04. The first-order chi connectivity index (χ1) is 7.18. The summed E-state index contributed by atoms with van der Waals surface area (Å²) in [5, 5.41) is 5.59. The van der Waals surface area contributed by atoms with E-state index in [4.69, 9.17) is 0 Å². The summed E-state index contributed by atoms with van der Waals surface area (Å²) in [4.78, 5) is 10.9. The normalized spacial score (nSPS) is 10.8. The monoisotopic (exact) mass is 202 g/mol. The van der Waals surface area contributed by atoms with E-state index in [1.807, 2.05) is 29.8 Å².